The lowest BCUT2D eigenvalue weighted by Gasteiger charge is -2.08. The molecule has 0 unspecified atom stereocenters. The molecule has 1 amide bonds. The first-order valence-corrected chi connectivity index (χ1v) is 7.12. The maximum Gasteiger partial charge on any atom is 0.267 e. The monoisotopic (exact) mass is 287 g/mol. The number of amides is 1. The predicted molar refractivity (Wildman–Crippen MR) is 83.3 cm³/mol. The molecule has 4 N–H and O–H groups in total. The average Bonchev–Trinajstić information content (AvgIpc) is 2.82. The number of benzene rings is 1. The van der Waals surface area contributed by atoms with Gasteiger partial charge in [0.05, 0.1) is 5.69 Å². The van der Waals surface area contributed by atoms with E-state index in [-0.39, 0.29) is 11.7 Å². The van der Waals surface area contributed by atoms with Gasteiger partial charge in [0.2, 0.25) is 0 Å². The molecular formula is C16H21N3O2. The van der Waals surface area contributed by atoms with Gasteiger partial charge in [-0.1, -0.05) is 19.1 Å². The molecule has 0 aliphatic heterocycles. The van der Waals surface area contributed by atoms with E-state index in [0.29, 0.717) is 17.9 Å². The van der Waals surface area contributed by atoms with E-state index in [1.54, 1.807) is 24.4 Å². The van der Waals surface area contributed by atoms with Gasteiger partial charge in [0.15, 0.2) is 0 Å². The Morgan fingerprint density at radius 1 is 1.33 bits per heavy atom. The topological polar surface area (TPSA) is 80.3 Å². The van der Waals surface area contributed by atoms with Crippen molar-refractivity contribution >= 4 is 11.6 Å². The summed E-state index contributed by atoms with van der Waals surface area (Å²) >= 11 is 0. The standard InChI is InChI=1S/C16H21N3O2/c1-2-9-19-11-13(17)10-15(19)16(21)18-8-7-12-3-5-14(20)6-4-12/h3-6,10-11,20H,2,7-9,17H2,1H3,(H,18,21). The number of nitrogens with zero attached hydrogens (tertiary/aromatic N) is 1. The zero-order valence-electron chi connectivity index (χ0n) is 12.2. The van der Waals surface area contributed by atoms with Crippen LogP contribution in [0.3, 0.4) is 0 Å². The summed E-state index contributed by atoms with van der Waals surface area (Å²) in [6.07, 6.45) is 3.45. The number of aryl methyl sites for hydroxylation is 1. The third-order valence-corrected chi connectivity index (χ3v) is 3.25. The fraction of sp³-hybridized carbons (Fsp3) is 0.312. The van der Waals surface area contributed by atoms with Crippen molar-refractivity contribution in [3.05, 3.63) is 47.8 Å². The summed E-state index contributed by atoms with van der Waals surface area (Å²) in [7, 11) is 0. The molecule has 2 aromatic rings. The van der Waals surface area contributed by atoms with E-state index in [1.165, 1.54) is 0 Å². The summed E-state index contributed by atoms with van der Waals surface area (Å²) in [5, 5.41) is 12.1. The van der Waals surface area contributed by atoms with Crippen molar-refractivity contribution in [2.24, 2.45) is 0 Å². The summed E-state index contributed by atoms with van der Waals surface area (Å²) in [6.45, 7) is 3.38. The van der Waals surface area contributed by atoms with Gasteiger partial charge in [0, 0.05) is 19.3 Å². The first kappa shape index (κ1) is 15.0. The fourth-order valence-electron chi connectivity index (χ4n) is 2.22. The van der Waals surface area contributed by atoms with Crippen molar-refractivity contribution < 1.29 is 9.90 Å². The molecule has 2 rings (SSSR count). The largest absolute Gasteiger partial charge is 0.508 e. The van der Waals surface area contributed by atoms with Crippen molar-refractivity contribution in [3.63, 3.8) is 0 Å². The number of rotatable bonds is 6. The second kappa shape index (κ2) is 6.83. The first-order chi connectivity index (χ1) is 10.1. The molecule has 0 aliphatic carbocycles. The molecule has 1 aromatic carbocycles. The molecule has 0 fully saturated rings. The second-order valence-corrected chi connectivity index (χ2v) is 5.02. The van der Waals surface area contributed by atoms with Gasteiger partial charge < -0.3 is 20.7 Å². The Labute approximate surface area is 124 Å². The highest BCUT2D eigenvalue weighted by Gasteiger charge is 2.11. The number of carbonyl (C=O) groups is 1. The molecule has 21 heavy (non-hydrogen) atoms. The lowest BCUT2D eigenvalue weighted by Crippen LogP contribution is -2.27. The van der Waals surface area contributed by atoms with Crippen molar-refractivity contribution in [1.29, 1.82) is 0 Å². The highest BCUT2D eigenvalue weighted by Crippen LogP contribution is 2.12. The Balaban J connectivity index is 1.91. The van der Waals surface area contributed by atoms with Gasteiger partial charge in [-0.05, 0) is 36.6 Å². The van der Waals surface area contributed by atoms with Gasteiger partial charge in [-0.3, -0.25) is 4.79 Å². The van der Waals surface area contributed by atoms with Crippen LogP contribution in [-0.2, 0) is 13.0 Å². The van der Waals surface area contributed by atoms with E-state index in [9.17, 15) is 9.90 Å². The normalized spacial score (nSPS) is 10.5. The maximum atomic E-state index is 12.2. The molecular weight excluding hydrogens is 266 g/mol. The van der Waals surface area contributed by atoms with E-state index in [0.717, 1.165) is 24.9 Å². The molecule has 112 valence electrons. The third kappa shape index (κ3) is 4.02. The number of hydrogen-bond donors (Lipinski definition) is 3. The van der Waals surface area contributed by atoms with Gasteiger partial charge in [-0.15, -0.1) is 0 Å². The van der Waals surface area contributed by atoms with E-state index < -0.39 is 0 Å². The van der Waals surface area contributed by atoms with Crippen LogP contribution in [-0.4, -0.2) is 22.1 Å². The number of nitrogens with two attached hydrogens (primary N) is 1. The van der Waals surface area contributed by atoms with Crippen LogP contribution in [0.1, 0.15) is 29.4 Å². The number of nitrogen functional groups attached to an aromatic ring is 1. The highest BCUT2D eigenvalue weighted by atomic mass is 16.3. The van der Waals surface area contributed by atoms with Gasteiger partial charge in [0.25, 0.3) is 5.91 Å². The van der Waals surface area contributed by atoms with Crippen LogP contribution in [0.5, 0.6) is 5.75 Å². The van der Waals surface area contributed by atoms with Gasteiger partial charge in [0.1, 0.15) is 11.4 Å². The molecule has 0 spiro atoms. The molecule has 0 saturated carbocycles. The summed E-state index contributed by atoms with van der Waals surface area (Å²) in [4.78, 5) is 12.2. The third-order valence-electron chi connectivity index (χ3n) is 3.25. The summed E-state index contributed by atoms with van der Waals surface area (Å²) in [5.41, 5.74) is 8.02. The van der Waals surface area contributed by atoms with Crippen LogP contribution in [0, 0.1) is 0 Å². The Morgan fingerprint density at radius 2 is 2.05 bits per heavy atom. The van der Waals surface area contributed by atoms with Crippen LogP contribution < -0.4 is 11.1 Å². The van der Waals surface area contributed by atoms with E-state index in [2.05, 4.69) is 12.2 Å². The van der Waals surface area contributed by atoms with Crippen molar-refractivity contribution in [1.82, 2.24) is 9.88 Å². The number of phenols is 1. The Kier molecular flexibility index (Phi) is 4.87. The summed E-state index contributed by atoms with van der Waals surface area (Å²) in [6, 6.07) is 8.68. The van der Waals surface area contributed by atoms with E-state index in [4.69, 9.17) is 5.73 Å². The molecule has 0 radical (unpaired) electrons. The minimum absolute atomic E-state index is 0.112. The van der Waals surface area contributed by atoms with E-state index >= 15 is 0 Å². The maximum absolute atomic E-state index is 12.2. The molecule has 5 heteroatoms. The van der Waals surface area contributed by atoms with Crippen LogP contribution in [0.25, 0.3) is 0 Å². The molecule has 1 aromatic heterocycles. The van der Waals surface area contributed by atoms with E-state index in [1.807, 2.05) is 16.7 Å². The van der Waals surface area contributed by atoms with Crippen LogP contribution in [0.4, 0.5) is 5.69 Å². The van der Waals surface area contributed by atoms with Crippen molar-refractivity contribution in [2.45, 2.75) is 26.3 Å². The minimum Gasteiger partial charge on any atom is -0.508 e. The van der Waals surface area contributed by atoms with Gasteiger partial charge >= 0.3 is 0 Å². The minimum atomic E-state index is -0.112. The van der Waals surface area contributed by atoms with Gasteiger partial charge in [-0.2, -0.15) is 0 Å². The molecule has 1 heterocycles. The van der Waals surface area contributed by atoms with Crippen molar-refractivity contribution in [2.75, 3.05) is 12.3 Å². The fourth-order valence-corrected chi connectivity index (χ4v) is 2.22. The van der Waals surface area contributed by atoms with Crippen molar-refractivity contribution in [3.8, 4) is 5.75 Å². The highest BCUT2D eigenvalue weighted by molar-refractivity contribution is 5.93. The Morgan fingerprint density at radius 3 is 2.71 bits per heavy atom. The zero-order valence-corrected chi connectivity index (χ0v) is 12.2. The smallest absolute Gasteiger partial charge is 0.267 e. The number of carbonyl (C=O) groups excluding carboxylic acids is 1. The van der Waals surface area contributed by atoms with Crippen LogP contribution in [0.15, 0.2) is 36.5 Å². The predicted octanol–water partition coefficient (Wildman–Crippen LogP) is 2.16. The summed E-state index contributed by atoms with van der Waals surface area (Å²) < 4.78 is 1.88. The average molecular weight is 287 g/mol. The SMILES string of the molecule is CCCn1cc(N)cc1C(=O)NCCc1ccc(O)cc1. The zero-order chi connectivity index (χ0) is 15.2. The molecule has 0 atom stereocenters. The number of aromatic nitrogens is 1. The number of phenolic OH excluding ortho intramolecular Hbond substituents is 1. The molecule has 0 saturated heterocycles. The number of anilines is 1. The molecule has 5 nitrogen and oxygen atoms in total. The molecule has 0 aliphatic rings. The molecule has 0 bridgehead atoms. The quantitative estimate of drug-likeness (QED) is 0.761. The first-order valence-electron chi connectivity index (χ1n) is 7.12. The summed E-state index contributed by atoms with van der Waals surface area (Å²) in [5.74, 6) is 0.134. The van der Waals surface area contributed by atoms with Crippen LogP contribution >= 0.6 is 0 Å². The van der Waals surface area contributed by atoms with Crippen LogP contribution in [0.2, 0.25) is 0 Å². The number of nitrogens with one attached hydrogen (secondary N) is 1. The number of aromatic hydroxyl groups is 1. The Bertz CT molecular complexity index is 602. The Hall–Kier alpha value is -2.43. The lowest BCUT2D eigenvalue weighted by atomic mass is 10.1. The second-order valence-electron chi connectivity index (χ2n) is 5.02. The van der Waals surface area contributed by atoms with Gasteiger partial charge in [-0.25, -0.2) is 0 Å². The number of hydrogen-bond acceptors (Lipinski definition) is 3. The lowest BCUT2D eigenvalue weighted by molar-refractivity contribution is 0.0944.